The predicted octanol–water partition coefficient (Wildman–Crippen LogP) is 4.41. The molecule has 0 aliphatic rings. The van der Waals surface area contributed by atoms with Gasteiger partial charge < -0.3 is 9.72 Å². The van der Waals surface area contributed by atoms with Gasteiger partial charge in [0.2, 0.25) is 5.88 Å². The van der Waals surface area contributed by atoms with E-state index < -0.39 is 37.9 Å². The number of hydrogen-bond donors (Lipinski definition) is 2. The van der Waals surface area contributed by atoms with Crippen LogP contribution in [0.15, 0.2) is 59.9 Å². The van der Waals surface area contributed by atoms with E-state index in [2.05, 4.69) is 25.1 Å². The maximum absolute atomic E-state index is 15.5. The highest BCUT2D eigenvalue weighted by atomic mass is 32.2. The van der Waals surface area contributed by atoms with E-state index in [1.165, 1.54) is 37.6 Å². The summed E-state index contributed by atoms with van der Waals surface area (Å²) in [6.07, 6.45) is 3.96. The van der Waals surface area contributed by atoms with Gasteiger partial charge in [-0.2, -0.15) is 5.10 Å². The molecule has 0 aliphatic heterocycles. The summed E-state index contributed by atoms with van der Waals surface area (Å²) in [4.78, 5) is 10.1. The van der Waals surface area contributed by atoms with Crippen molar-refractivity contribution in [3.63, 3.8) is 0 Å². The molecule has 0 fully saturated rings. The van der Waals surface area contributed by atoms with Crippen LogP contribution in [0.25, 0.3) is 33.5 Å². The molecule has 2 aromatic carbocycles. The molecule has 8 nitrogen and oxygen atoms in total. The van der Waals surface area contributed by atoms with Crippen molar-refractivity contribution in [3.8, 4) is 28.5 Å². The van der Waals surface area contributed by atoms with E-state index in [-0.39, 0.29) is 28.1 Å². The lowest BCUT2D eigenvalue weighted by Crippen LogP contribution is -2.10. The smallest absolute Gasteiger partial charge is 0.232 e. The molecule has 0 aliphatic carbocycles. The van der Waals surface area contributed by atoms with Gasteiger partial charge >= 0.3 is 0 Å². The van der Waals surface area contributed by atoms with Crippen LogP contribution in [0.1, 0.15) is 5.56 Å². The summed E-state index contributed by atoms with van der Waals surface area (Å²) in [6.45, 7) is 0. The van der Waals surface area contributed by atoms with Crippen LogP contribution in [-0.2, 0) is 15.6 Å². The van der Waals surface area contributed by atoms with Gasteiger partial charge in [-0.25, -0.2) is 31.6 Å². The summed E-state index contributed by atoms with van der Waals surface area (Å²) < 4.78 is 75.3. The van der Waals surface area contributed by atoms with Crippen molar-refractivity contribution in [3.05, 3.63) is 78.0 Å². The topological polar surface area (TPSA) is 114 Å². The first-order chi connectivity index (χ1) is 16.8. The molecule has 3 heterocycles. The number of pyridine rings is 1. The Bertz CT molecular complexity index is 1670. The molecule has 0 amide bonds. The van der Waals surface area contributed by atoms with Gasteiger partial charge in [-0.3, -0.25) is 5.10 Å². The van der Waals surface area contributed by atoms with Crippen molar-refractivity contribution in [1.82, 2.24) is 25.1 Å². The fourth-order valence-corrected chi connectivity index (χ4v) is 5.29. The Morgan fingerprint density at radius 2 is 1.83 bits per heavy atom. The number of imidazole rings is 1. The molecule has 0 atom stereocenters. The number of sulfone groups is 1. The number of halogens is 3. The summed E-state index contributed by atoms with van der Waals surface area (Å²) >= 11 is 0. The minimum Gasteiger partial charge on any atom is -0.480 e. The predicted molar refractivity (Wildman–Crippen MR) is 121 cm³/mol. The molecular formula is C23H16F3N5O3S. The number of H-pyrrole nitrogens is 2. The van der Waals surface area contributed by atoms with Crippen LogP contribution >= 0.6 is 0 Å². The van der Waals surface area contributed by atoms with Gasteiger partial charge in [0.15, 0.2) is 21.5 Å². The molecule has 2 N–H and O–H groups in total. The number of aromatic amines is 2. The van der Waals surface area contributed by atoms with Gasteiger partial charge in [-0.1, -0.05) is 24.3 Å². The van der Waals surface area contributed by atoms with Crippen molar-refractivity contribution in [2.75, 3.05) is 7.11 Å². The molecule has 35 heavy (non-hydrogen) atoms. The fourth-order valence-electron chi connectivity index (χ4n) is 3.80. The van der Waals surface area contributed by atoms with Crippen molar-refractivity contribution in [1.29, 1.82) is 0 Å². The van der Waals surface area contributed by atoms with E-state index in [9.17, 15) is 12.8 Å². The number of fused-ring (bicyclic) bond motifs is 1. The third-order valence-electron chi connectivity index (χ3n) is 5.43. The summed E-state index contributed by atoms with van der Waals surface area (Å²) in [6, 6.07) is 7.71. The van der Waals surface area contributed by atoms with E-state index in [0.29, 0.717) is 16.9 Å². The molecule has 0 saturated carbocycles. The molecule has 0 saturated heterocycles. The number of ether oxygens (including phenoxy) is 1. The molecule has 5 aromatic rings. The van der Waals surface area contributed by atoms with E-state index in [0.717, 1.165) is 12.3 Å². The Labute approximate surface area is 196 Å². The zero-order chi connectivity index (χ0) is 24.7. The van der Waals surface area contributed by atoms with Crippen molar-refractivity contribution < 1.29 is 26.3 Å². The van der Waals surface area contributed by atoms with Crippen molar-refractivity contribution in [2.24, 2.45) is 0 Å². The number of benzene rings is 2. The summed E-state index contributed by atoms with van der Waals surface area (Å²) in [5.41, 5.74) is -0.0392. The Hall–Kier alpha value is -4.19. The molecule has 0 radical (unpaired) electrons. The maximum Gasteiger partial charge on any atom is 0.232 e. The van der Waals surface area contributed by atoms with Crippen LogP contribution in [0.4, 0.5) is 13.2 Å². The third kappa shape index (κ3) is 3.91. The minimum absolute atomic E-state index is 0.0260. The van der Waals surface area contributed by atoms with Crippen LogP contribution in [-0.4, -0.2) is 40.7 Å². The number of aromatic nitrogens is 5. The Kier molecular flexibility index (Phi) is 5.52. The van der Waals surface area contributed by atoms with Crippen LogP contribution in [0.2, 0.25) is 0 Å². The first kappa shape index (κ1) is 22.6. The van der Waals surface area contributed by atoms with Gasteiger partial charge in [-0.15, -0.1) is 0 Å². The first-order valence-corrected chi connectivity index (χ1v) is 11.8. The van der Waals surface area contributed by atoms with Crippen LogP contribution in [0, 0.1) is 17.5 Å². The van der Waals surface area contributed by atoms with Crippen LogP contribution in [0.3, 0.4) is 0 Å². The molecule has 12 heteroatoms. The SMILES string of the molecule is COc1ncc(F)cc1S(=O)(=O)Cc1cccc(-c2ccc3c(-c4ncc[nH]4)[nH]nc3c2F)c1F. The Morgan fingerprint density at radius 1 is 1.03 bits per heavy atom. The van der Waals surface area contributed by atoms with Gasteiger partial charge in [-0.05, 0) is 12.1 Å². The number of rotatable bonds is 6. The minimum atomic E-state index is -4.26. The lowest BCUT2D eigenvalue weighted by atomic mass is 10.00. The number of nitrogens with zero attached hydrogens (tertiary/aromatic N) is 3. The van der Waals surface area contributed by atoms with Gasteiger partial charge in [0, 0.05) is 34.5 Å². The average molecular weight is 499 g/mol. The number of nitrogens with one attached hydrogen (secondary N) is 2. The standard InChI is InChI=1S/C23H16F3N5O3S/c1-34-23-17(9-13(24)10-29-23)35(32,33)11-12-3-2-4-14(18(12)25)15-5-6-16-20(19(15)26)30-31-21(16)22-27-7-8-28-22/h2-10H,11H2,1H3,(H,27,28)(H,30,31). The molecular weight excluding hydrogens is 483 g/mol. The van der Waals surface area contributed by atoms with E-state index in [1.807, 2.05) is 0 Å². The van der Waals surface area contributed by atoms with Gasteiger partial charge in [0.1, 0.15) is 27.7 Å². The summed E-state index contributed by atoms with van der Waals surface area (Å²) in [7, 11) is -3.07. The quantitative estimate of drug-likeness (QED) is 0.358. The molecule has 0 unspecified atom stereocenters. The monoisotopic (exact) mass is 499 g/mol. The highest BCUT2D eigenvalue weighted by molar-refractivity contribution is 7.90. The summed E-state index contributed by atoms with van der Waals surface area (Å²) in [5, 5.41) is 7.16. The molecule has 0 spiro atoms. The molecule has 5 rings (SSSR count). The normalized spacial score (nSPS) is 11.8. The summed E-state index contributed by atoms with van der Waals surface area (Å²) in [5.74, 6) is -3.28. The highest BCUT2D eigenvalue weighted by Crippen LogP contribution is 2.35. The van der Waals surface area contributed by atoms with E-state index in [4.69, 9.17) is 4.74 Å². The highest BCUT2D eigenvalue weighted by Gasteiger charge is 2.26. The lowest BCUT2D eigenvalue weighted by molar-refractivity contribution is 0.382. The second kappa shape index (κ2) is 8.55. The lowest BCUT2D eigenvalue weighted by Gasteiger charge is -2.12. The number of methoxy groups -OCH3 is 1. The molecule has 3 aromatic heterocycles. The van der Waals surface area contributed by atoms with Gasteiger partial charge in [0.25, 0.3) is 0 Å². The zero-order valence-corrected chi connectivity index (χ0v) is 18.8. The van der Waals surface area contributed by atoms with E-state index >= 15 is 8.78 Å². The van der Waals surface area contributed by atoms with Gasteiger partial charge in [0.05, 0.1) is 19.1 Å². The third-order valence-corrected chi connectivity index (χ3v) is 7.08. The Balaban J connectivity index is 1.56. The van der Waals surface area contributed by atoms with Crippen molar-refractivity contribution >= 4 is 20.7 Å². The molecule has 178 valence electrons. The van der Waals surface area contributed by atoms with Crippen LogP contribution < -0.4 is 4.74 Å². The molecule has 0 bridgehead atoms. The first-order valence-electron chi connectivity index (χ1n) is 10.2. The average Bonchev–Trinajstić information content (AvgIpc) is 3.51. The second-order valence-electron chi connectivity index (χ2n) is 7.56. The van der Waals surface area contributed by atoms with Crippen LogP contribution in [0.5, 0.6) is 5.88 Å². The second-order valence-corrected chi connectivity index (χ2v) is 9.52. The fraction of sp³-hybridized carbons (Fsp3) is 0.0870. The number of hydrogen-bond acceptors (Lipinski definition) is 6. The maximum atomic E-state index is 15.5. The van der Waals surface area contributed by atoms with Crippen molar-refractivity contribution in [2.45, 2.75) is 10.6 Å². The van der Waals surface area contributed by atoms with E-state index in [1.54, 1.807) is 12.3 Å². The Morgan fingerprint density at radius 3 is 2.57 bits per heavy atom. The largest absolute Gasteiger partial charge is 0.480 e. The zero-order valence-electron chi connectivity index (χ0n) is 18.0.